The van der Waals surface area contributed by atoms with Crippen molar-refractivity contribution in [3.05, 3.63) is 99.6 Å². The zero-order valence-corrected chi connectivity index (χ0v) is 31.3. The van der Waals surface area contributed by atoms with Crippen LogP contribution < -0.4 is 21.5 Å². The lowest BCUT2D eigenvalue weighted by Crippen LogP contribution is -2.33. The Morgan fingerprint density at radius 3 is 2.07 bits per heavy atom. The predicted molar refractivity (Wildman–Crippen MR) is 195 cm³/mol. The molecule has 19 heteroatoms. The van der Waals surface area contributed by atoms with E-state index in [1.807, 2.05) is 21.0 Å². The molecule has 1 atom stereocenters. The molecule has 0 spiro atoms. The van der Waals surface area contributed by atoms with E-state index in [4.69, 9.17) is 30.9 Å². The molecule has 1 unspecified atom stereocenters. The van der Waals surface area contributed by atoms with Gasteiger partial charge in [-0.1, -0.05) is 32.9 Å². The van der Waals surface area contributed by atoms with E-state index in [1.165, 1.54) is 0 Å². The average Bonchev–Trinajstić information content (AvgIpc) is 3.47. The zero-order chi connectivity index (χ0) is 41.9. The maximum absolute atomic E-state index is 16.3. The number of H-pyrrole nitrogens is 1. The first-order chi connectivity index (χ1) is 25.4. The van der Waals surface area contributed by atoms with Gasteiger partial charge in [0.05, 0.1) is 6.61 Å². The minimum atomic E-state index is -5.08. The van der Waals surface area contributed by atoms with E-state index in [9.17, 15) is 27.2 Å². The Morgan fingerprint density at radius 1 is 1.04 bits per heavy atom. The van der Waals surface area contributed by atoms with Crippen LogP contribution in [0.1, 0.15) is 63.2 Å². The lowest BCUT2D eigenvalue weighted by molar-refractivity contribution is -0.192. The van der Waals surface area contributed by atoms with Crippen LogP contribution in [0.2, 0.25) is 0 Å². The number of carboxylic acids is 2. The van der Waals surface area contributed by atoms with Crippen molar-refractivity contribution < 1.29 is 46.5 Å². The fourth-order valence-electron chi connectivity index (χ4n) is 4.68. The number of pyridine rings is 1. The molecule has 0 bridgehead atoms. The highest BCUT2D eigenvalue weighted by Crippen LogP contribution is 2.33. The number of nitrogen functional groups attached to an aromatic ring is 1. The molecule has 0 fully saturated rings. The molecule has 0 saturated heterocycles. The number of nitrogens with two attached hydrogens (primary N) is 1. The molecule has 300 valence electrons. The fourth-order valence-corrected chi connectivity index (χ4v) is 4.68. The lowest BCUT2D eigenvalue weighted by Gasteiger charge is -2.28. The minimum absolute atomic E-state index is 0.0628. The number of aliphatic carboxylic acids is 2. The van der Waals surface area contributed by atoms with Crippen LogP contribution in [0.5, 0.6) is 5.75 Å². The van der Waals surface area contributed by atoms with Gasteiger partial charge in [-0.15, -0.1) is 5.10 Å². The van der Waals surface area contributed by atoms with Crippen molar-refractivity contribution in [2.24, 2.45) is 11.1 Å². The number of carboxylic acid groups (broad SMARTS) is 2. The van der Waals surface area contributed by atoms with Crippen LogP contribution in [0.25, 0.3) is 5.82 Å². The lowest BCUT2D eigenvalue weighted by atomic mass is 9.94. The van der Waals surface area contributed by atoms with Gasteiger partial charge in [-0.05, 0) is 82.4 Å². The summed E-state index contributed by atoms with van der Waals surface area (Å²) in [5.74, 6) is -4.13. The smallest absolute Gasteiger partial charge is 0.490 e. The van der Waals surface area contributed by atoms with Crippen molar-refractivity contribution in [1.82, 2.24) is 24.6 Å². The van der Waals surface area contributed by atoms with E-state index in [-0.39, 0.29) is 28.4 Å². The van der Waals surface area contributed by atoms with Crippen LogP contribution in [-0.4, -0.2) is 91.7 Å². The van der Waals surface area contributed by atoms with E-state index in [0.717, 1.165) is 30.6 Å². The first-order valence-corrected chi connectivity index (χ1v) is 16.5. The third-order valence-electron chi connectivity index (χ3n) is 7.24. The summed E-state index contributed by atoms with van der Waals surface area (Å²) in [6.07, 6.45) is -2.88. The van der Waals surface area contributed by atoms with Crippen LogP contribution in [0.15, 0.2) is 65.6 Å². The molecule has 55 heavy (non-hydrogen) atoms. The number of nitrogens with zero attached hydrogens (tertiary/aromatic N) is 4. The molecule has 2 heterocycles. The number of ether oxygens (including phenoxy) is 1. The number of rotatable bonds is 13. The molecule has 4 rings (SSSR count). The Morgan fingerprint density at radius 2 is 1.62 bits per heavy atom. The quantitative estimate of drug-likeness (QED) is 0.0562. The van der Waals surface area contributed by atoms with Crippen LogP contribution in [0.4, 0.5) is 27.6 Å². The normalized spacial score (nSPS) is 12.1. The number of benzene rings is 2. The number of aryl methyl sites for hydroxylation is 1. The van der Waals surface area contributed by atoms with E-state index in [1.54, 1.807) is 60.8 Å². The van der Waals surface area contributed by atoms with E-state index < -0.39 is 41.3 Å². The van der Waals surface area contributed by atoms with Crippen molar-refractivity contribution >= 4 is 23.5 Å². The summed E-state index contributed by atoms with van der Waals surface area (Å²) in [7, 11) is 3.98. The molecule has 4 aromatic rings. The van der Waals surface area contributed by atoms with E-state index >= 15 is 4.39 Å². The molecule has 2 aromatic carbocycles. The molecule has 0 saturated carbocycles. The Labute approximate surface area is 313 Å². The number of halogens is 5. The summed E-state index contributed by atoms with van der Waals surface area (Å²) in [5.41, 5.74) is 5.10. The second-order valence-corrected chi connectivity index (χ2v) is 13.6. The van der Waals surface area contributed by atoms with Crippen LogP contribution in [-0.2, 0) is 16.0 Å². The third-order valence-corrected chi connectivity index (χ3v) is 7.24. The molecule has 2 aromatic heterocycles. The standard InChI is InChI=1S/C30H37FN8O2.C4H7FO2.C2HF3O2/c1-6-19-15-22(25(31)23(16-19)41-18-30(2,3)17-38(4)5)26(35-21-12-10-20(11-13-21)27(32)33)28-36-29(40)39(37-28)24-9-7-8-14-34-24;1-4(2,5)3(6)7;3-2(4,5)1(6)7/h7-16,26,35H,6,17-18H2,1-5H3,(H3,32,33)(H,36,37,40);1-2H3,(H,6,7);(H,6,7). The van der Waals surface area contributed by atoms with Gasteiger partial charge in [-0.2, -0.15) is 17.9 Å². The maximum atomic E-state index is 16.3. The fraction of sp³-hybridized carbons (Fsp3) is 0.389. The van der Waals surface area contributed by atoms with Crippen LogP contribution in [0.3, 0.4) is 0 Å². The van der Waals surface area contributed by atoms with E-state index in [0.29, 0.717) is 30.1 Å². The van der Waals surface area contributed by atoms with Crippen molar-refractivity contribution in [1.29, 1.82) is 5.41 Å². The van der Waals surface area contributed by atoms with Crippen LogP contribution >= 0.6 is 0 Å². The zero-order valence-electron chi connectivity index (χ0n) is 31.3. The van der Waals surface area contributed by atoms with Crippen molar-refractivity contribution in [2.45, 2.75) is 58.9 Å². The van der Waals surface area contributed by atoms with Gasteiger partial charge in [-0.25, -0.2) is 28.1 Å². The molecular formula is C36H45F5N8O6. The molecule has 0 radical (unpaired) electrons. The highest BCUT2D eigenvalue weighted by molar-refractivity contribution is 5.95. The number of carbonyl (C=O) groups is 2. The van der Waals surface area contributed by atoms with Gasteiger partial charge in [0.2, 0.25) is 5.67 Å². The van der Waals surface area contributed by atoms with Gasteiger partial charge in [-0.3, -0.25) is 10.4 Å². The maximum Gasteiger partial charge on any atom is 0.490 e. The summed E-state index contributed by atoms with van der Waals surface area (Å²) >= 11 is 0. The first kappa shape index (κ1) is 45.3. The molecule has 7 N–H and O–H groups in total. The van der Waals surface area contributed by atoms with Gasteiger partial charge < -0.3 is 30.9 Å². The Hall–Kier alpha value is -5.85. The third kappa shape index (κ3) is 14.1. The second kappa shape index (κ2) is 19.0. The number of hydrogen-bond acceptors (Lipinski definition) is 9. The average molecular weight is 781 g/mol. The number of alkyl halides is 4. The summed E-state index contributed by atoms with van der Waals surface area (Å²) in [5, 5.41) is 30.5. The highest BCUT2D eigenvalue weighted by Gasteiger charge is 2.38. The Bertz CT molecular complexity index is 1930. The van der Waals surface area contributed by atoms with Crippen molar-refractivity contribution in [3.8, 4) is 11.6 Å². The van der Waals surface area contributed by atoms with Crippen LogP contribution in [0, 0.1) is 16.6 Å². The van der Waals surface area contributed by atoms with Gasteiger partial charge >= 0.3 is 23.8 Å². The topological polar surface area (TPSA) is 213 Å². The first-order valence-electron chi connectivity index (χ1n) is 16.5. The number of amidine groups is 1. The Balaban J connectivity index is 0.000000633. The summed E-state index contributed by atoms with van der Waals surface area (Å²) in [6.45, 7) is 9.19. The SMILES string of the molecule is CC(C)(F)C(=O)O.CCc1cc(OCC(C)(C)CN(C)C)c(F)c(C(Nc2ccc(C(=N)N)cc2)c2nn(-c3ccccn3)c(=O)[nH]2)c1.O=C(O)C(F)(F)F. The number of nitrogens with one attached hydrogen (secondary N) is 3. The molecule has 0 amide bonds. The molecular weight excluding hydrogens is 735 g/mol. The van der Waals surface area contributed by atoms with Gasteiger partial charge in [0.25, 0.3) is 0 Å². The van der Waals surface area contributed by atoms with Gasteiger partial charge in [0.15, 0.2) is 23.2 Å². The van der Waals surface area contributed by atoms with Gasteiger partial charge in [0, 0.05) is 35.0 Å². The monoisotopic (exact) mass is 780 g/mol. The number of aromatic amines is 1. The molecule has 14 nitrogen and oxygen atoms in total. The molecule has 0 aliphatic heterocycles. The van der Waals surface area contributed by atoms with Crippen molar-refractivity contribution in [2.75, 3.05) is 32.6 Å². The largest absolute Gasteiger partial charge is 0.490 e. The summed E-state index contributed by atoms with van der Waals surface area (Å²) in [4.78, 5) is 40.6. The second-order valence-electron chi connectivity index (χ2n) is 13.6. The number of hydrogen-bond donors (Lipinski definition) is 6. The number of aromatic nitrogens is 4. The predicted octanol–water partition coefficient (Wildman–Crippen LogP) is 5.56. The summed E-state index contributed by atoms with van der Waals surface area (Å²) in [6, 6.07) is 14.6. The van der Waals surface area contributed by atoms with Crippen molar-refractivity contribution in [3.63, 3.8) is 0 Å². The summed E-state index contributed by atoms with van der Waals surface area (Å²) < 4.78 is 67.2. The molecule has 0 aliphatic carbocycles. The van der Waals surface area contributed by atoms with E-state index in [2.05, 4.69) is 39.1 Å². The minimum Gasteiger partial charge on any atom is -0.490 e. The molecule has 0 aliphatic rings. The highest BCUT2D eigenvalue weighted by atomic mass is 19.4. The Kier molecular flexibility index (Phi) is 15.6. The van der Waals surface area contributed by atoms with Gasteiger partial charge in [0.1, 0.15) is 11.9 Å². The number of anilines is 1.